The smallest absolute Gasteiger partial charge is 0.189 e. The number of nitrogens with zero attached hydrogens (tertiary/aromatic N) is 8. The highest BCUT2D eigenvalue weighted by Gasteiger charge is 2.22. The van der Waals surface area contributed by atoms with Gasteiger partial charge in [-0.1, -0.05) is 11.8 Å². The van der Waals surface area contributed by atoms with E-state index in [2.05, 4.69) is 34.8 Å². The Morgan fingerprint density at radius 2 is 1.80 bits per heavy atom. The Bertz CT molecular complexity index is 900. The zero-order valence-electron chi connectivity index (χ0n) is 14.5. The summed E-state index contributed by atoms with van der Waals surface area (Å²) >= 11 is 1.56. The van der Waals surface area contributed by atoms with Crippen molar-refractivity contribution in [1.82, 2.24) is 29.7 Å². The molecule has 9 heteroatoms. The van der Waals surface area contributed by atoms with Gasteiger partial charge < -0.3 is 9.80 Å². The number of hydrogen-bond donors (Lipinski definition) is 0. The second-order valence-corrected chi connectivity index (χ2v) is 6.75. The molecule has 3 aromatic heterocycles. The number of aryl methyl sites for hydroxylation is 2. The summed E-state index contributed by atoms with van der Waals surface area (Å²) in [7, 11) is 1.91. The molecule has 0 unspecified atom stereocenters. The standard InChI is InChI=1S/C16H20N8S/c1-11-19-14-12(10-18-22(14)2)15(20-11)24-8-6-23(7-9-24)13-4-5-17-16(21-13)25-3/h4-5,10H,6-9H2,1-3H3. The van der Waals surface area contributed by atoms with Crippen LogP contribution in [-0.4, -0.2) is 62.2 Å². The summed E-state index contributed by atoms with van der Waals surface area (Å²) in [6.07, 6.45) is 5.67. The lowest BCUT2D eigenvalue weighted by Crippen LogP contribution is -2.47. The molecule has 0 saturated carbocycles. The first-order chi connectivity index (χ1) is 12.2. The molecule has 25 heavy (non-hydrogen) atoms. The van der Waals surface area contributed by atoms with E-state index in [1.807, 2.05) is 38.7 Å². The van der Waals surface area contributed by atoms with E-state index in [1.54, 1.807) is 16.4 Å². The fraction of sp³-hybridized carbons (Fsp3) is 0.438. The predicted octanol–water partition coefficient (Wildman–Crippen LogP) is 1.51. The highest BCUT2D eigenvalue weighted by atomic mass is 32.2. The van der Waals surface area contributed by atoms with Crippen LogP contribution < -0.4 is 9.80 Å². The Labute approximate surface area is 150 Å². The molecule has 0 aliphatic carbocycles. The van der Waals surface area contributed by atoms with Gasteiger partial charge in [0.1, 0.15) is 17.5 Å². The zero-order valence-corrected chi connectivity index (χ0v) is 15.4. The minimum absolute atomic E-state index is 0.772. The van der Waals surface area contributed by atoms with Crippen molar-refractivity contribution in [1.29, 1.82) is 0 Å². The maximum absolute atomic E-state index is 4.68. The van der Waals surface area contributed by atoms with Crippen molar-refractivity contribution in [2.24, 2.45) is 7.05 Å². The van der Waals surface area contributed by atoms with Crippen molar-refractivity contribution in [2.75, 3.05) is 42.2 Å². The van der Waals surface area contributed by atoms with E-state index in [0.717, 1.165) is 59.8 Å². The average molecular weight is 356 g/mol. The maximum Gasteiger partial charge on any atom is 0.189 e. The van der Waals surface area contributed by atoms with Gasteiger partial charge in [0, 0.05) is 39.4 Å². The monoisotopic (exact) mass is 356 g/mol. The Morgan fingerprint density at radius 3 is 2.56 bits per heavy atom. The molecule has 0 spiro atoms. The van der Waals surface area contributed by atoms with Gasteiger partial charge in [-0.3, -0.25) is 4.68 Å². The van der Waals surface area contributed by atoms with Crippen molar-refractivity contribution in [3.05, 3.63) is 24.3 Å². The number of aromatic nitrogens is 6. The van der Waals surface area contributed by atoms with Crippen LogP contribution in [0.1, 0.15) is 5.82 Å². The number of piperazine rings is 1. The van der Waals surface area contributed by atoms with Gasteiger partial charge in [-0.15, -0.1) is 0 Å². The summed E-state index contributed by atoms with van der Waals surface area (Å²) in [5.74, 6) is 2.74. The van der Waals surface area contributed by atoms with E-state index in [9.17, 15) is 0 Å². The molecule has 0 atom stereocenters. The summed E-state index contributed by atoms with van der Waals surface area (Å²) in [5, 5.41) is 6.15. The molecule has 130 valence electrons. The first-order valence-electron chi connectivity index (χ1n) is 8.19. The Hall–Kier alpha value is -2.42. The van der Waals surface area contributed by atoms with E-state index < -0.39 is 0 Å². The first kappa shape index (κ1) is 16.1. The van der Waals surface area contributed by atoms with Crippen LogP contribution in [0, 0.1) is 6.92 Å². The zero-order chi connectivity index (χ0) is 17.4. The SMILES string of the molecule is CSc1nccc(N2CCN(c3nc(C)nc4c3cnn4C)CC2)n1. The van der Waals surface area contributed by atoms with Gasteiger partial charge in [-0.05, 0) is 19.2 Å². The van der Waals surface area contributed by atoms with Crippen LogP contribution in [0.15, 0.2) is 23.6 Å². The molecular formula is C16H20N8S. The van der Waals surface area contributed by atoms with Crippen LogP contribution in [0.25, 0.3) is 11.0 Å². The lowest BCUT2D eigenvalue weighted by atomic mass is 10.2. The van der Waals surface area contributed by atoms with Gasteiger partial charge >= 0.3 is 0 Å². The van der Waals surface area contributed by atoms with Crippen molar-refractivity contribution in [2.45, 2.75) is 12.1 Å². The second-order valence-electron chi connectivity index (χ2n) is 5.98. The molecule has 1 aliphatic heterocycles. The number of anilines is 2. The minimum Gasteiger partial charge on any atom is -0.353 e. The van der Waals surface area contributed by atoms with Crippen LogP contribution in [-0.2, 0) is 7.05 Å². The molecule has 0 amide bonds. The minimum atomic E-state index is 0.772. The molecule has 0 aromatic carbocycles. The van der Waals surface area contributed by atoms with Crippen molar-refractivity contribution in [3.63, 3.8) is 0 Å². The number of fused-ring (bicyclic) bond motifs is 1. The number of rotatable bonds is 3. The van der Waals surface area contributed by atoms with E-state index in [4.69, 9.17) is 0 Å². The van der Waals surface area contributed by atoms with E-state index in [1.165, 1.54) is 0 Å². The Balaban J connectivity index is 1.56. The van der Waals surface area contributed by atoms with Crippen LogP contribution in [0.2, 0.25) is 0 Å². The average Bonchev–Trinajstić information content (AvgIpc) is 3.02. The normalized spacial score (nSPS) is 15.2. The second kappa shape index (κ2) is 6.47. The fourth-order valence-corrected chi connectivity index (χ4v) is 3.46. The lowest BCUT2D eigenvalue weighted by molar-refractivity contribution is 0.638. The van der Waals surface area contributed by atoms with Gasteiger partial charge in [-0.2, -0.15) is 5.10 Å². The van der Waals surface area contributed by atoms with Crippen LogP contribution in [0.4, 0.5) is 11.6 Å². The largest absolute Gasteiger partial charge is 0.353 e. The van der Waals surface area contributed by atoms with Gasteiger partial charge in [0.05, 0.1) is 11.6 Å². The predicted molar refractivity (Wildman–Crippen MR) is 99.3 cm³/mol. The van der Waals surface area contributed by atoms with Crippen molar-refractivity contribution < 1.29 is 0 Å². The Kier molecular flexibility index (Phi) is 4.16. The third-order valence-corrected chi connectivity index (χ3v) is 4.95. The summed E-state index contributed by atoms with van der Waals surface area (Å²) in [6.45, 7) is 5.50. The lowest BCUT2D eigenvalue weighted by Gasteiger charge is -2.36. The number of hydrogen-bond acceptors (Lipinski definition) is 8. The van der Waals surface area contributed by atoms with Crippen LogP contribution in [0.5, 0.6) is 0 Å². The summed E-state index contributed by atoms with van der Waals surface area (Å²) < 4.78 is 1.80. The van der Waals surface area contributed by atoms with E-state index in [-0.39, 0.29) is 0 Å². The molecule has 1 saturated heterocycles. The molecule has 1 aliphatic rings. The quantitative estimate of drug-likeness (QED) is 0.516. The third-order valence-electron chi connectivity index (χ3n) is 4.39. The van der Waals surface area contributed by atoms with Gasteiger partial charge in [0.25, 0.3) is 0 Å². The fourth-order valence-electron chi connectivity index (χ4n) is 3.11. The molecule has 4 rings (SSSR count). The van der Waals surface area contributed by atoms with Crippen LogP contribution >= 0.6 is 11.8 Å². The first-order valence-corrected chi connectivity index (χ1v) is 9.41. The summed E-state index contributed by atoms with van der Waals surface area (Å²) in [6, 6.07) is 1.98. The maximum atomic E-state index is 4.68. The molecule has 8 nitrogen and oxygen atoms in total. The molecular weight excluding hydrogens is 336 g/mol. The molecule has 0 radical (unpaired) electrons. The molecule has 4 heterocycles. The highest BCUT2D eigenvalue weighted by Crippen LogP contribution is 2.25. The number of thioether (sulfide) groups is 1. The van der Waals surface area contributed by atoms with E-state index >= 15 is 0 Å². The highest BCUT2D eigenvalue weighted by molar-refractivity contribution is 7.98. The summed E-state index contributed by atoms with van der Waals surface area (Å²) in [4.78, 5) is 22.6. The third kappa shape index (κ3) is 2.99. The molecule has 3 aromatic rings. The van der Waals surface area contributed by atoms with Crippen LogP contribution in [0.3, 0.4) is 0 Å². The molecule has 0 bridgehead atoms. The van der Waals surface area contributed by atoms with Gasteiger partial charge in [0.2, 0.25) is 0 Å². The topological polar surface area (TPSA) is 75.9 Å². The van der Waals surface area contributed by atoms with Gasteiger partial charge in [-0.25, -0.2) is 19.9 Å². The molecule has 1 fully saturated rings. The van der Waals surface area contributed by atoms with Crippen molar-refractivity contribution in [3.8, 4) is 0 Å². The van der Waals surface area contributed by atoms with E-state index in [0.29, 0.717) is 0 Å². The summed E-state index contributed by atoms with van der Waals surface area (Å²) in [5.41, 5.74) is 0.880. The Morgan fingerprint density at radius 1 is 1.04 bits per heavy atom. The molecule has 0 N–H and O–H groups in total. The van der Waals surface area contributed by atoms with Crippen molar-refractivity contribution >= 4 is 34.4 Å². The van der Waals surface area contributed by atoms with Gasteiger partial charge in [0.15, 0.2) is 10.8 Å².